The lowest BCUT2D eigenvalue weighted by Gasteiger charge is -2.22. The lowest BCUT2D eigenvalue weighted by Crippen LogP contribution is -2.14. The van der Waals surface area contributed by atoms with Crippen LogP contribution in [-0.2, 0) is 0 Å². The molecule has 0 amide bonds. The van der Waals surface area contributed by atoms with Crippen LogP contribution in [0.2, 0.25) is 5.02 Å². The predicted molar refractivity (Wildman–Crippen MR) is 78.4 cm³/mol. The third-order valence-electron chi connectivity index (χ3n) is 4.54. The quantitative estimate of drug-likeness (QED) is 0.564. The number of halogens is 1. The van der Waals surface area contributed by atoms with Gasteiger partial charge >= 0.3 is 0 Å². The van der Waals surface area contributed by atoms with Gasteiger partial charge in [-0.05, 0) is 47.8 Å². The molecule has 1 fully saturated rings. The molecule has 0 radical (unpaired) electrons. The van der Waals surface area contributed by atoms with E-state index in [1.165, 1.54) is 6.42 Å². The van der Waals surface area contributed by atoms with Gasteiger partial charge in [-0.25, -0.2) is 0 Å². The van der Waals surface area contributed by atoms with E-state index in [9.17, 15) is 5.26 Å². The van der Waals surface area contributed by atoms with Crippen LogP contribution in [0.3, 0.4) is 0 Å². The van der Waals surface area contributed by atoms with Crippen molar-refractivity contribution in [3.63, 3.8) is 0 Å². The second-order valence-corrected chi connectivity index (χ2v) is 6.02. The Bertz CT molecular complexity index is 594. The second-order valence-electron chi connectivity index (χ2n) is 5.59. The lowest BCUT2D eigenvalue weighted by molar-refractivity contribution is 0.404. The van der Waals surface area contributed by atoms with Gasteiger partial charge in [0.25, 0.3) is 0 Å². The standard InChI is InChI=1S/C17H16ClN/c1-11-12-5-6-14(7-12)17(11)9-15(10-19)13-3-2-4-16(18)8-13/h2-6,8-9,11-12,14,17H,7H2,1H3/b15-9+/t11-,12-,14+,17-/m1/s1. The van der Waals surface area contributed by atoms with E-state index in [4.69, 9.17) is 11.6 Å². The Kier molecular flexibility index (Phi) is 3.21. The molecule has 1 aromatic carbocycles. The molecule has 19 heavy (non-hydrogen) atoms. The molecule has 0 saturated heterocycles. The smallest absolute Gasteiger partial charge is 0.0994 e. The first kappa shape index (κ1) is 12.5. The summed E-state index contributed by atoms with van der Waals surface area (Å²) in [6, 6.07) is 9.88. The van der Waals surface area contributed by atoms with E-state index in [1.807, 2.05) is 24.3 Å². The number of nitriles is 1. The van der Waals surface area contributed by atoms with Crippen molar-refractivity contribution in [1.82, 2.24) is 0 Å². The van der Waals surface area contributed by atoms with Crippen LogP contribution in [0.5, 0.6) is 0 Å². The Morgan fingerprint density at radius 3 is 2.79 bits per heavy atom. The van der Waals surface area contributed by atoms with E-state index in [0.717, 1.165) is 11.1 Å². The largest absolute Gasteiger partial charge is 0.192 e. The van der Waals surface area contributed by atoms with Crippen molar-refractivity contribution in [2.24, 2.45) is 23.7 Å². The van der Waals surface area contributed by atoms with Crippen molar-refractivity contribution in [2.75, 3.05) is 0 Å². The number of benzene rings is 1. The van der Waals surface area contributed by atoms with Crippen molar-refractivity contribution >= 4 is 17.2 Å². The van der Waals surface area contributed by atoms with Crippen LogP contribution in [0.4, 0.5) is 0 Å². The molecule has 0 spiro atoms. The Hall–Kier alpha value is -1.52. The molecule has 1 nitrogen and oxygen atoms in total. The molecular weight excluding hydrogens is 254 g/mol. The van der Waals surface area contributed by atoms with E-state index in [2.05, 4.69) is 31.2 Å². The van der Waals surface area contributed by atoms with Crippen molar-refractivity contribution in [1.29, 1.82) is 5.26 Å². The summed E-state index contributed by atoms with van der Waals surface area (Å²) in [6.45, 7) is 2.29. The minimum absolute atomic E-state index is 0.489. The lowest BCUT2D eigenvalue weighted by atomic mass is 9.82. The summed E-state index contributed by atoms with van der Waals surface area (Å²) in [7, 11) is 0. The molecular formula is C17H16ClN. The topological polar surface area (TPSA) is 23.8 Å². The van der Waals surface area contributed by atoms with Gasteiger partial charge in [0, 0.05) is 5.02 Å². The van der Waals surface area contributed by atoms with Crippen LogP contribution in [0.25, 0.3) is 5.57 Å². The molecule has 96 valence electrons. The van der Waals surface area contributed by atoms with Crippen LogP contribution in [0, 0.1) is 35.0 Å². The maximum atomic E-state index is 9.41. The molecule has 0 N–H and O–H groups in total. The summed E-state index contributed by atoms with van der Waals surface area (Å²) in [5, 5.41) is 10.1. The first-order valence-corrected chi connectivity index (χ1v) is 7.13. The van der Waals surface area contributed by atoms with E-state index >= 15 is 0 Å². The van der Waals surface area contributed by atoms with Gasteiger partial charge in [0.2, 0.25) is 0 Å². The minimum atomic E-state index is 0.489. The molecule has 2 bridgehead atoms. The van der Waals surface area contributed by atoms with E-state index in [-0.39, 0.29) is 0 Å². The molecule has 0 unspecified atom stereocenters. The molecule has 2 aliphatic carbocycles. The van der Waals surface area contributed by atoms with Crippen LogP contribution in [-0.4, -0.2) is 0 Å². The Balaban J connectivity index is 1.93. The number of nitrogens with zero attached hydrogens (tertiary/aromatic N) is 1. The average Bonchev–Trinajstić information content (AvgIpc) is 2.98. The predicted octanol–water partition coefficient (Wildman–Crippen LogP) is 4.71. The monoisotopic (exact) mass is 269 g/mol. The van der Waals surface area contributed by atoms with E-state index in [0.29, 0.717) is 28.7 Å². The van der Waals surface area contributed by atoms with Crippen molar-refractivity contribution in [3.05, 3.63) is 53.1 Å². The second kappa shape index (κ2) is 4.87. The summed E-state index contributed by atoms with van der Waals surface area (Å²) >= 11 is 6.01. The summed E-state index contributed by atoms with van der Waals surface area (Å²) in [6.07, 6.45) is 8.06. The van der Waals surface area contributed by atoms with Gasteiger partial charge in [-0.3, -0.25) is 0 Å². The third kappa shape index (κ3) is 2.22. The van der Waals surface area contributed by atoms with Crippen molar-refractivity contribution in [2.45, 2.75) is 13.3 Å². The Morgan fingerprint density at radius 2 is 2.16 bits per heavy atom. The van der Waals surface area contributed by atoms with Crippen LogP contribution >= 0.6 is 11.6 Å². The average molecular weight is 270 g/mol. The summed E-state index contributed by atoms with van der Waals surface area (Å²) < 4.78 is 0. The zero-order valence-electron chi connectivity index (χ0n) is 10.9. The number of fused-ring (bicyclic) bond motifs is 2. The molecule has 1 saturated carbocycles. The van der Waals surface area contributed by atoms with E-state index in [1.54, 1.807) is 0 Å². The molecule has 0 heterocycles. The van der Waals surface area contributed by atoms with Gasteiger partial charge in [0.1, 0.15) is 0 Å². The molecule has 0 aliphatic heterocycles. The van der Waals surface area contributed by atoms with Gasteiger partial charge in [-0.2, -0.15) is 5.26 Å². The van der Waals surface area contributed by atoms with Gasteiger partial charge in [0.15, 0.2) is 0 Å². The molecule has 0 aromatic heterocycles. The van der Waals surface area contributed by atoms with Gasteiger partial charge in [-0.15, -0.1) is 0 Å². The minimum Gasteiger partial charge on any atom is -0.192 e. The molecule has 1 aromatic rings. The fraction of sp³-hybridized carbons (Fsp3) is 0.353. The summed E-state index contributed by atoms with van der Waals surface area (Å²) in [5.74, 6) is 2.44. The van der Waals surface area contributed by atoms with Crippen LogP contribution in [0.1, 0.15) is 18.9 Å². The van der Waals surface area contributed by atoms with Gasteiger partial charge in [0.05, 0.1) is 11.6 Å². The highest BCUT2D eigenvalue weighted by Gasteiger charge is 2.40. The molecule has 4 atom stereocenters. The van der Waals surface area contributed by atoms with Crippen LogP contribution in [0.15, 0.2) is 42.5 Å². The maximum absolute atomic E-state index is 9.41. The fourth-order valence-electron chi connectivity index (χ4n) is 3.43. The van der Waals surface area contributed by atoms with E-state index < -0.39 is 0 Å². The summed E-state index contributed by atoms with van der Waals surface area (Å²) in [5.41, 5.74) is 1.68. The first-order chi connectivity index (χ1) is 9.19. The normalized spacial score (nSPS) is 32.6. The molecule has 2 heteroatoms. The molecule has 2 aliphatic rings. The first-order valence-electron chi connectivity index (χ1n) is 6.75. The zero-order chi connectivity index (χ0) is 13.4. The highest BCUT2D eigenvalue weighted by molar-refractivity contribution is 6.30. The number of allylic oxidation sites excluding steroid dienone is 4. The maximum Gasteiger partial charge on any atom is 0.0994 e. The highest BCUT2D eigenvalue weighted by Crippen LogP contribution is 2.49. The SMILES string of the molecule is C[C@H]1[C@@H](/C=C(\C#N)c2cccc(Cl)c2)[C@H]2C=C[C@@H]1C2. The summed E-state index contributed by atoms with van der Waals surface area (Å²) in [4.78, 5) is 0. The number of hydrogen-bond acceptors (Lipinski definition) is 1. The van der Waals surface area contributed by atoms with Gasteiger partial charge < -0.3 is 0 Å². The van der Waals surface area contributed by atoms with Crippen LogP contribution < -0.4 is 0 Å². The third-order valence-corrected chi connectivity index (χ3v) is 4.78. The Morgan fingerprint density at radius 1 is 1.37 bits per heavy atom. The number of rotatable bonds is 2. The zero-order valence-corrected chi connectivity index (χ0v) is 11.6. The Labute approximate surface area is 119 Å². The fourth-order valence-corrected chi connectivity index (χ4v) is 3.62. The number of hydrogen-bond donors (Lipinski definition) is 0. The highest BCUT2D eigenvalue weighted by atomic mass is 35.5. The molecule has 3 rings (SSSR count). The van der Waals surface area contributed by atoms with Crippen molar-refractivity contribution < 1.29 is 0 Å². The van der Waals surface area contributed by atoms with Crippen molar-refractivity contribution in [3.8, 4) is 6.07 Å². The van der Waals surface area contributed by atoms with Gasteiger partial charge in [-0.1, -0.05) is 48.9 Å².